The number of hydrogen-bond acceptors (Lipinski definition) is 4. The van der Waals surface area contributed by atoms with Gasteiger partial charge in [0.1, 0.15) is 0 Å². The van der Waals surface area contributed by atoms with Crippen LogP contribution in [0.1, 0.15) is 16.7 Å². The number of nitrogens with zero attached hydrogens (tertiary/aromatic N) is 6. The van der Waals surface area contributed by atoms with Crippen molar-refractivity contribution in [3.8, 4) is 73.9 Å². The summed E-state index contributed by atoms with van der Waals surface area (Å²) in [6.07, 6.45) is 0. The van der Waals surface area contributed by atoms with Gasteiger partial charge < -0.3 is 9.13 Å². The van der Waals surface area contributed by atoms with Crippen molar-refractivity contribution in [1.82, 2.24) is 24.1 Å². The van der Waals surface area contributed by atoms with Crippen LogP contribution in [0.4, 0.5) is 0 Å². The third kappa shape index (κ3) is 6.53. The van der Waals surface area contributed by atoms with E-state index in [1.54, 1.807) is 0 Å². The van der Waals surface area contributed by atoms with Crippen molar-refractivity contribution in [2.45, 2.75) is 13.8 Å². The maximum absolute atomic E-state index is 10.0. The van der Waals surface area contributed by atoms with E-state index in [9.17, 15) is 5.26 Å². The fraction of sp³-hybridized carbons (Fsp3) is 0.0333. The van der Waals surface area contributed by atoms with Gasteiger partial charge in [0.15, 0.2) is 17.5 Å². The quantitative estimate of drug-likeness (QED) is 0.160. The van der Waals surface area contributed by atoms with Crippen LogP contribution in [0.15, 0.2) is 206 Å². The number of para-hydroxylation sites is 2. The summed E-state index contributed by atoms with van der Waals surface area (Å²) in [5.41, 5.74) is 16.1. The monoisotopic (exact) mass is 844 g/mol. The van der Waals surface area contributed by atoms with Crippen LogP contribution in [0.25, 0.3) is 111 Å². The molecule has 3 heterocycles. The van der Waals surface area contributed by atoms with Crippen molar-refractivity contribution in [2.24, 2.45) is 0 Å². The highest BCUT2D eigenvalue weighted by molar-refractivity contribution is 6.12. The van der Waals surface area contributed by atoms with Crippen LogP contribution in [0.3, 0.4) is 0 Å². The summed E-state index contributed by atoms with van der Waals surface area (Å²) in [5, 5.41) is 14.8. The zero-order valence-corrected chi connectivity index (χ0v) is 36.3. The maximum atomic E-state index is 10.0. The van der Waals surface area contributed by atoms with Gasteiger partial charge in [0.05, 0.1) is 45.1 Å². The van der Waals surface area contributed by atoms with Gasteiger partial charge in [0.25, 0.3) is 0 Å². The predicted octanol–water partition coefficient (Wildman–Crippen LogP) is 14.9. The molecule has 0 spiro atoms. The van der Waals surface area contributed by atoms with Crippen LogP contribution in [-0.2, 0) is 0 Å². The molecule has 0 aliphatic heterocycles. The first-order valence-corrected chi connectivity index (χ1v) is 22.2. The number of aryl methyl sites for hydroxylation is 2. The van der Waals surface area contributed by atoms with Crippen LogP contribution >= 0.6 is 0 Å². The first kappa shape index (κ1) is 38.7. The Hall–Kier alpha value is -8.92. The molecule has 0 aliphatic carbocycles. The average Bonchev–Trinajstić information content (AvgIpc) is 3.88. The highest BCUT2D eigenvalue weighted by Crippen LogP contribution is 2.44. The number of benzene rings is 9. The SMILES string of the molecule is Cc1ccc2c(c1)c1ccccc1n2-c1ccc(-c2cccc(C#N)c2)cc1-c1cc(-c2nc(-c3ccccc3)nc(-c3ccccc3)n2)ccc1-n1c2ccccc2c2cc(C)ccc21. The molecule has 0 aliphatic rings. The summed E-state index contributed by atoms with van der Waals surface area (Å²) in [5.74, 6) is 1.77. The minimum absolute atomic E-state index is 0.570. The Kier molecular flexibility index (Phi) is 9.22. The number of rotatable bonds is 7. The topological polar surface area (TPSA) is 72.3 Å². The van der Waals surface area contributed by atoms with Crippen molar-refractivity contribution in [3.05, 3.63) is 223 Å². The van der Waals surface area contributed by atoms with Gasteiger partial charge >= 0.3 is 0 Å². The van der Waals surface area contributed by atoms with Gasteiger partial charge in [-0.15, -0.1) is 0 Å². The molecule has 3 aromatic heterocycles. The summed E-state index contributed by atoms with van der Waals surface area (Å²) in [7, 11) is 0. The Morgan fingerprint density at radius 3 is 1.30 bits per heavy atom. The molecule has 0 N–H and O–H groups in total. The molecule has 0 unspecified atom stereocenters. The third-order valence-electron chi connectivity index (χ3n) is 12.7. The molecular formula is C60H40N6. The average molecular weight is 845 g/mol. The molecule has 0 saturated heterocycles. The van der Waals surface area contributed by atoms with Crippen molar-refractivity contribution >= 4 is 43.6 Å². The van der Waals surface area contributed by atoms with E-state index in [1.807, 2.05) is 78.9 Å². The van der Waals surface area contributed by atoms with Gasteiger partial charge in [-0.1, -0.05) is 139 Å². The maximum Gasteiger partial charge on any atom is 0.164 e. The van der Waals surface area contributed by atoms with Gasteiger partial charge in [-0.2, -0.15) is 5.26 Å². The van der Waals surface area contributed by atoms with Crippen LogP contribution in [0.2, 0.25) is 0 Å². The van der Waals surface area contributed by atoms with Crippen molar-refractivity contribution < 1.29 is 0 Å². The molecule has 0 radical (unpaired) electrons. The van der Waals surface area contributed by atoms with E-state index in [1.165, 1.54) is 32.7 Å². The summed E-state index contributed by atoms with van der Waals surface area (Å²) >= 11 is 0. The van der Waals surface area contributed by atoms with Gasteiger partial charge in [0.2, 0.25) is 0 Å². The molecule has 66 heavy (non-hydrogen) atoms. The molecule has 12 aromatic rings. The molecule has 9 aromatic carbocycles. The highest BCUT2D eigenvalue weighted by atomic mass is 15.0. The lowest BCUT2D eigenvalue weighted by atomic mass is 9.93. The van der Waals surface area contributed by atoms with Crippen LogP contribution in [0.5, 0.6) is 0 Å². The summed E-state index contributed by atoms with van der Waals surface area (Å²) in [6.45, 7) is 4.31. The van der Waals surface area contributed by atoms with E-state index < -0.39 is 0 Å². The second-order valence-corrected chi connectivity index (χ2v) is 16.9. The second-order valence-electron chi connectivity index (χ2n) is 16.9. The van der Waals surface area contributed by atoms with E-state index in [-0.39, 0.29) is 0 Å². The first-order chi connectivity index (χ1) is 32.5. The van der Waals surface area contributed by atoms with E-state index in [0.29, 0.717) is 23.0 Å². The smallest absolute Gasteiger partial charge is 0.164 e. The number of nitriles is 1. The lowest BCUT2D eigenvalue weighted by Crippen LogP contribution is -2.04. The Labute approximate surface area is 382 Å². The van der Waals surface area contributed by atoms with Gasteiger partial charge in [-0.05, 0) is 104 Å². The van der Waals surface area contributed by atoms with Gasteiger partial charge in [-0.25, -0.2) is 15.0 Å². The van der Waals surface area contributed by atoms with Crippen molar-refractivity contribution in [2.75, 3.05) is 0 Å². The molecule has 0 saturated carbocycles. The van der Waals surface area contributed by atoms with Crippen molar-refractivity contribution in [3.63, 3.8) is 0 Å². The number of aromatic nitrogens is 5. The van der Waals surface area contributed by atoms with E-state index >= 15 is 0 Å². The molecule has 0 fully saturated rings. The normalized spacial score (nSPS) is 11.5. The minimum Gasteiger partial charge on any atom is -0.309 e. The summed E-state index contributed by atoms with van der Waals surface area (Å²) in [6, 6.07) is 74.6. The summed E-state index contributed by atoms with van der Waals surface area (Å²) < 4.78 is 4.81. The minimum atomic E-state index is 0.570. The van der Waals surface area contributed by atoms with E-state index in [4.69, 9.17) is 15.0 Å². The molecular weight excluding hydrogens is 805 g/mol. The van der Waals surface area contributed by atoms with Crippen LogP contribution in [0, 0.1) is 25.2 Å². The Balaban J connectivity index is 1.21. The zero-order chi connectivity index (χ0) is 44.3. The predicted molar refractivity (Wildman–Crippen MR) is 270 cm³/mol. The Bertz CT molecular complexity index is 3850. The standard InChI is InChI=1S/C60H40N6/c1-38-24-28-54-48(32-38)46-20-9-11-22-52(46)65(54)56-30-26-44(43-19-13-14-40(34-43)37-61)35-50(56)51-36-45(27-31-57(51)66-53-23-12-10-21-47(53)49-33-39(2)25-29-55(49)66)60-63-58(41-15-5-3-6-16-41)62-59(64-60)42-17-7-4-8-18-42/h3-36H,1-2H3. The van der Waals surface area contributed by atoms with Crippen molar-refractivity contribution in [1.29, 1.82) is 5.26 Å². The largest absolute Gasteiger partial charge is 0.309 e. The van der Waals surface area contributed by atoms with E-state index in [2.05, 4.69) is 156 Å². The lowest BCUT2D eigenvalue weighted by Gasteiger charge is -2.21. The van der Waals surface area contributed by atoms with Gasteiger partial charge in [-0.3, -0.25) is 0 Å². The first-order valence-electron chi connectivity index (χ1n) is 22.2. The molecule has 310 valence electrons. The summed E-state index contributed by atoms with van der Waals surface area (Å²) in [4.78, 5) is 15.5. The molecule has 0 atom stereocenters. The molecule has 6 nitrogen and oxygen atoms in total. The highest BCUT2D eigenvalue weighted by Gasteiger charge is 2.23. The molecule has 0 bridgehead atoms. The number of hydrogen-bond donors (Lipinski definition) is 0. The fourth-order valence-corrected chi connectivity index (χ4v) is 9.61. The van der Waals surface area contributed by atoms with Crippen LogP contribution in [-0.4, -0.2) is 24.1 Å². The molecule has 6 heteroatoms. The lowest BCUT2D eigenvalue weighted by molar-refractivity contribution is 1.07. The van der Waals surface area contributed by atoms with E-state index in [0.717, 1.165) is 72.4 Å². The third-order valence-corrected chi connectivity index (χ3v) is 12.7. The van der Waals surface area contributed by atoms with Crippen LogP contribution < -0.4 is 0 Å². The zero-order valence-electron chi connectivity index (χ0n) is 36.3. The fourth-order valence-electron chi connectivity index (χ4n) is 9.61. The Morgan fingerprint density at radius 2 is 0.773 bits per heavy atom. The second kappa shape index (κ2) is 15.7. The van der Waals surface area contributed by atoms with Gasteiger partial charge in [0, 0.05) is 49.4 Å². The molecule has 0 amide bonds. The number of fused-ring (bicyclic) bond motifs is 6. The Morgan fingerprint density at radius 1 is 0.348 bits per heavy atom. The molecule has 12 rings (SSSR count).